The monoisotopic (exact) mass is 318 g/mol. The molecule has 0 radical (unpaired) electrons. The second kappa shape index (κ2) is 6.24. The van der Waals surface area contributed by atoms with Crippen LogP contribution in [0.1, 0.15) is 22.9 Å². The molecule has 4 nitrogen and oxygen atoms in total. The molecule has 1 atom stereocenters. The number of nitrogens with zero attached hydrogens (tertiary/aromatic N) is 1. The fourth-order valence-corrected chi connectivity index (χ4v) is 3.17. The molecule has 2 aromatic carbocycles. The number of benzene rings is 2. The van der Waals surface area contributed by atoms with Gasteiger partial charge in [-0.1, -0.05) is 48.5 Å². The third-order valence-corrected chi connectivity index (χ3v) is 4.36. The van der Waals surface area contributed by atoms with Crippen LogP contribution in [0.15, 0.2) is 77.4 Å². The summed E-state index contributed by atoms with van der Waals surface area (Å²) in [6.45, 7) is 0.699. The maximum absolute atomic E-state index is 12.9. The Bertz CT molecular complexity index is 828. The van der Waals surface area contributed by atoms with Crippen LogP contribution in [-0.2, 0) is 6.42 Å². The number of carbonyl (C=O) groups is 1. The zero-order valence-corrected chi connectivity index (χ0v) is 13.2. The van der Waals surface area contributed by atoms with Gasteiger partial charge in [-0.15, -0.1) is 0 Å². The van der Waals surface area contributed by atoms with Crippen molar-refractivity contribution in [2.45, 2.75) is 12.5 Å². The van der Waals surface area contributed by atoms with Crippen LogP contribution < -0.4 is 10.2 Å². The molecule has 3 aromatic rings. The molecule has 0 fully saturated rings. The van der Waals surface area contributed by atoms with Gasteiger partial charge in [0.1, 0.15) is 11.8 Å². The topological polar surface area (TPSA) is 45.5 Å². The zero-order valence-electron chi connectivity index (χ0n) is 13.2. The molecule has 2 heterocycles. The summed E-state index contributed by atoms with van der Waals surface area (Å²) in [7, 11) is 0. The van der Waals surface area contributed by atoms with E-state index in [1.165, 1.54) is 5.56 Å². The first-order valence-electron chi connectivity index (χ1n) is 8.07. The van der Waals surface area contributed by atoms with Gasteiger partial charge in [0, 0.05) is 12.2 Å². The molecule has 1 aliphatic rings. The molecule has 0 saturated carbocycles. The number of amides is 2. The highest BCUT2D eigenvalue weighted by Gasteiger charge is 2.27. The van der Waals surface area contributed by atoms with Gasteiger partial charge in [-0.2, -0.15) is 0 Å². The lowest BCUT2D eigenvalue weighted by Crippen LogP contribution is -2.41. The number of hydrogen-bond donors (Lipinski definition) is 1. The van der Waals surface area contributed by atoms with E-state index in [0.29, 0.717) is 6.54 Å². The molecule has 4 heteroatoms. The van der Waals surface area contributed by atoms with Crippen LogP contribution in [0.5, 0.6) is 0 Å². The van der Waals surface area contributed by atoms with E-state index in [9.17, 15) is 4.79 Å². The van der Waals surface area contributed by atoms with Gasteiger partial charge in [0.25, 0.3) is 0 Å². The standard InChI is InChI=1S/C20H18N2O2/c23-20(22-13-12-15-7-4-5-10-17(15)22)21-19(18-11-6-14-24-18)16-8-2-1-3-9-16/h1-11,14,19H,12-13H2,(H,21,23). The second-order valence-corrected chi connectivity index (χ2v) is 5.84. The minimum atomic E-state index is -0.304. The molecular weight excluding hydrogens is 300 g/mol. The summed E-state index contributed by atoms with van der Waals surface area (Å²) in [6, 6.07) is 21.2. The molecule has 1 unspecified atom stereocenters. The van der Waals surface area contributed by atoms with E-state index in [0.717, 1.165) is 23.4 Å². The fraction of sp³-hybridized carbons (Fsp3) is 0.150. The van der Waals surface area contributed by atoms with Crippen molar-refractivity contribution >= 4 is 11.7 Å². The maximum atomic E-state index is 12.9. The summed E-state index contributed by atoms with van der Waals surface area (Å²) in [5.41, 5.74) is 3.19. The van der Waals surface area contributed by atoms with E-state index in [1.54, 1.807) is 11.2 Å². The van der Waals surface area contributed by atoms with Gasteiger partial charge < -0.3 is 9.73 Å². The Kier molecular flexibility index (Phi) is 3.79. The van der Waals surface area contributed by atoms with Crippen LogP contribution in [0.3, 0.4) is 0 Å². The first-order chi connectivity index (χ1) is 11.8. The van der Waals surface area contributed by atoms with Crippen LogP contribution in [0.4, 0.5) is 10.5 Å². The number of hydrogen-bond acceptors (Lipinski definition) is 2. The van der Waals surface area contributed by atoms with Crippen LogP contribution >= 0.6 is 0 Å². The summed E-state index contributed by atoms with van der Waals surface area (Å²) in [5.74, 6) is 0.724. The summed E-state index contributed by atoms with van der Waals surface area (Å²) in [6.07, 6.45) is 2.52. The van der Waals surface area contributed by atoms with Crippen LogP contribution in [0.25, 0.3) is 0 Å². The summed E-state index contributed by atoms with van der Waals surface area (Å²) in [5, 5.41) is 3.11. The van der Waals surface area contributed by atoms with Crippen LogP contribution in [0.2, 0.25) is 0 Å². The normalized spacial score (nSPS) is 14.2. The molecule has 0 aliphatic carbocycles. The number of rotatable bonds is 3. The molecule has 4 rings (SSSR count). The van der Waals surface area contributed by atoms with Gasteiger partial charge in [0.15, 0.2) is 0 Å². The molecular formula is C20H18N2O2. The van der Waals surface area contributed by atoms with Crippen molar-refractivity contribution in [3.8, 4) is 0 Å². The van der Waals surface area contributed by atoms with Gasteiger partial charge in [0.2, 0.25) is 0 Å². The van der Waals surface area contributed by atoms with Crippen molar-refractivity contribution in [1.82, 2.24) is 5.32 Å². The number of anilines is 1. The van der Waals surface area contributed by atoms with Gasteiger partial charge in [0.05, 0.1) is 6.26 Å². The Morgan fingerprint density at radius 3 is 2.58 bits per heavy atom. The Morgan fingerprint density at radius 1 is 1.00 bits per heavy atom. The average molecular weight is 318 g/mol. The Labute approximate surface area is 140 Å². The summed E-state index contributed by atoms with van der Waals surface area (Å²) in [4.78, 5) is 14.7. The quantitative estimate of drug-likeness (QED) is 0.789. The average Bonchev–Trinajstić information content (AvgIpc) is 3.30. The zero-order chi connectivity index (χ0) is 16.4. The molecule has 1 N–H and O–H groups in total. The highest BCUT2D eigenvalue weighted by Crippen LogP contribution is 2.29. The van der Waals surface area contributed by atoms with E-state index < -0.39 is 0 Å². The smallest absolute Gasteiger partial charge is 0.322 e. The molecule has 1 aromatic heterocycles. The minimum absolute atomic E-state index is 0.106. The number of fused-ring (bicyclic) bond motifs is 1. The number of furan rings is 1. The minimum Gasteiger partial charge on any atom is -0.467 e. The maximum Gasteiger partial charge on any atom is 0.322 e. The fourth-order valence-electron chi connectivity index (χ4n) is 3.17. The number of urea groups is 1. The van der Waals surface area contributed by atoms with Crippen molar-refractivity contribution in [2.75, 3.05) is 11.4 Å². The highest BCUT2D eigenvalue weighted by atomic mass is 16.3. The largest absolute Gasteiger partial charge is 0.467 e. The lowest BCUT2D eigenvalue weighted by Gasteiger charge is -2.23. The number of para-hydroxylation sites is 1. The number of carbonyl (C=O) groups excluding carboxylic acids is 1. The molecule has 24 heavy (non-hydrogen) atoms. The Hall–Kier alpha value is -3.01. The van der Waals surface area contributed by atoms with Gasteiger partial charge in [-0.25, -0.2) is 4.79 Å². The van der Waals surface area contributed by atoms with Crippen molar-refractivity contribution in [1.29, 1.82) is 0 Å². The highest BCUT2D eigenvalue weighted by molar-refractivity contribution is 5.94. The predicted octanol–water partition coefficient (Wildman–Crippen LogP) is 4.14. The van der Waals surface area contributed by atoms with Gasteiger partial charge in [-0.05, 0) is 35.7 Å². The summed E-state index contributed by atoms with van der Waals surface area (Å²) >= 11 is 0. The predicted molar refractivity (Wildman–Crippen MR) is 93.0 cm³/mol. The van der Waals surface area contributed by atoms with E-state index >= 15 is 0 Å². The van der Waals surface area contributed by atoms with Gasteiger partial charge in [-0.3, -0.25) is 4.90 Å². The SMILES string of the molecule is O=C(NC(c1ccccc1)c1ccco1)N1CCc2ccccc21. The third-order valence-electron chi connectivity index (χ3n) is 4.36. The first-order valence-corrected chi connectivity index (χ1v) is 8.07. The Balaban J connectivity index is 1.61. The van der Waals surface area contributed by atoms with E-state index in [2.05, 4.69) is 11.4 Å². The first kappa shape index (κ1) is 14.6. The molecule has 2 amide bonds. The lowest BCUT2D eigenvalue weighted by molar-refractivity contribution is 0.243. The lowest BCUT2D eigenvalue weighted by atomic mass is 10.0. The number of nitrogens with one attached hydrogen (secondary N) is 1. The molecule has 120 valence electrons. The third kappa shape index (κ3) is 2.67. The van der Waals surface area contributed by atoms with Gasteiger partial charge >= 0.3 is 6.03 Å². The van der Waals surface area contributed by atoms with E-state index in [1.807, 2.05) is 60.7 Å². The van der Waals surface area contributed by atoms with Crippen LogP contribution in [-0.4, -0.2) is 12.6 Å². The molecule has 0 bridgehead atoms. The molecule has 0 saturated heterocycles. The van der Waals surface area contributed by atoms with Crippen molar-refractivity contribution in [3.63, 3.8) is 0 Å². The molecule has 0 spiro atoms. The second-order valence-electron chi connectivity index (χ2n) is 5.84. The Morgan fingerprint density at radius 2 is 1.79 bits per heavy atom. The van der Waals surface area contributed by atoms with Crippen molar-refractivity contribution in [2.24, 2.45) is 0 Å². The van der Waals surface area contributed by atoms with Crippen molar-refractivity contribution < 1.29 is 9.21 Å². The van der Waals surface area contributed by atoms with Crippen molar-refractivity contribution in [3.05, 3.63) is 89.9 Å². The van der Waals surface area contributed by atoms with Crippen LogP contribution in [0, 0.1) is 0 Å². The molecule has 1 aliphatic heterocycles. The van der Waals surface area contributed by atoms with E-state index in [4.69, 9.17) is 4.42 Å². The van der Waals surface area contributed by atoms with E-state index in [-0.39, 0.29) is 12.1 Å². The summed E-state index contributed by atoms with van der Waals surface area (Å²) < 4.78 is 5.55.